The summed E-state index contributed by atoms with van der Waals surface area (Å²) in [6.07, 6.45) is 0. The summed E-state index contributed by atoms with van der Waals surface area (Å²) in [5, 5.41) is 4.21. The van der Waals surface area contributed by atoms with E-state index in [1.165, 1.54) is 10.2 Å². The summed E-state index contributed by atoms with van der Waals surface area (Å²) in [7, 11) is 0. The molecule has 0 fully saturated rings. The number of rotatable bonds is 3. The molecule has 0 saturated heterocycles. The van der Waals surface area contributed by atoms with Crippen LogP contribution in [0, 0.1) is 0 Å². The zero-order valence-corrected chi connectivity index (χ0v) is 13.8. The number of aromatic nitrogens is 4. The van der Waals surface area contributed by atoms with Gasteiger partial charge in [-0.3, -0.25) is 14.8 Å². The molecular formula is C17H19FN4O2. The number of alkyl halides is 1. The van der Waals surface area contributed by atoms with E-state index < -0.39 is 17.9 Å². The lowest BCUT2D eigenvalue weighted by Crippen LogP contribution is -2.22. The predicted molar refractivity (Wildman–Crippen MR) is 90.0 cm³/mol. The normalized spacial score (nSPS) is 12.0. The van der Waals surface area contributed by atoms with E-state index in [1.54, 1.807) is 0 Å². The first-order chi connectivity index (χ1) is 11.3. The zero-order chi connectivity index (χ0) is 17.5. The van der Waals surface area contributed by atoms with Crippen LogP contribution in [0.1, 0.15) is 37.6 Å². The maximum Gasteiger partial charge on any atom is 0.327 e. The third-order valence-electron chi connectivity index (χ3n) is 3.99. The number of nitrogens with one attached hydrogen (secondary N) is 2. The Bertz CT molecular complexity index is 991. The number of hydrogen-bond acceptors (Lipinski definition) is 3. The lowest BCUT2D eigenvalue weighted by molar-refractivity contribution is 0.471. The molecule has 7 heteroatoms. The minimum absolute atomic E-state index is 0.0220. The van der Waals surface area contributed by atoms with E-state index >= 15 is 0 Å². The molecule has 2 N–H and O–H groups in total. The Morgan fingerprint density at radius 1 is 1.12 bits per heavy atom. The van der Waals surface area contributed by atoms with Gasteiger partial charge >= 0.3 is 5.69 Å². The Balaban J connectivity index is 2.04. The standard InChI is InChI=1S/C17H19FN4O2/c1-17(2,3)11-6-4-10(5-7-11)9-22-14-13(12(8-18)21-22)15(23)20-16(24)19-14/h4-7H,8-9H2,1-3H3,(H2,19,20,23,24). The first kappa shape index (κ1) is 16.2. The van der Waals surface area contributed by atoms with Crippen molar-refractivity contribution in [2.45, 2.75) is 39.4 Å². The van der Waals surface area contributed by atoms with Crippen LogP contribution in [0.3, 0.4) is 0 Å². The molecule has 0 aliphatic carbocycles. The van der Waals surface area contributed by atoms with Gasteiger partial charge in [0.1, 0.15) is 23.4 Å². The van der Waals surface area contributed by atoms with E-state index in [4.69, 9.17) is 0 Å². The van der Waals surface area contributed by atoms with Crippen LogP contribution in [-0.2, 0) is 18.6 Å². The lowest BCUT2D eigenvalue weighted by atomic mass is 9.87. The average Bonchev–Trinajstić information content (AvgIpc) is 2.85. The molecule has 0 aliphatic rings. The van der Waals surface area contributed by atoms with Gasteiger partial charge in [-0.25, -0.2) is 13.9 Å². The molecule has 0 atom stereocenters. The second-order valence-corrected chi connectivity index (χ2v) is 6.82. The van der Waals surface area contributed by atoms with E-state index in [0.29, 0.717) is 6.54 Å². The molecule has 3 rings (SSSR count). The number of hydrogen-bond donors (Lipinski definition) is 2. The first-order valence-electron chi connectivity index (χ1n) is 7.67. The molecule has 0 radical (unpaired) electrons. The van der Waals surface area contributed by atoms with Gasteiger partial charge in [-0.05, 0) is 16.5 Å². The Labute approximate surface area is 137 Å². The van der Waals surface area contributed by atoms with Crippen LogP contribution in [0.25, 0.3) is 11.0 Å². The second-order valence-electron chi connectivity index (χ2n) is 6.82. The summed E-state index contributed by atoms with van der Waals surface area (Å²) in [6, 6.07) is 8.00. The topological polar surface area (TPSA) is 83.5 Å². The van der Waals surface area contributed by atoms with Crippen LogP contribution in [0.15, 0.2) is 33.9 Å². The molecule has 0 unspecified atom stereocenters. The molecule has 0 amide bonds. The number of aromatic amines is 2. The SMILES string of the molecule is CC(C)(C)c1ccc(Cn2nc(CF)c3c(=O)[nH]c(=O)[nH]c32)cc1. The number of H-pyrrole nitrogens is 2. The molecule has 0 saturated carbocycles. The monoisotopic (exact) mass is 330 g/mol. The molecule has 0 aliphatic heterocycles. The molecule has 2 heterocycles. The van der Waals surface area contributed by atoms with Crippen molar-refractivity contribution in [1.29, 1.82) is 0 Å². The lowest BCUT2D eigenvalue weighted by Gasteiger charge is -2.19. The number of nitrogens with zero attached hydrogens (tertiary/aromatic N) is 2. The molecule has 6 nitrogen and oxygen atoms in total. The van der Waals surface area contributed by atoms with E-state index in [2.05, 4.69) is 35.8 Å². The van der Waals surface area contributed by atoms with Crippen LogP contribution >= 0.6 is 0 Å². The zero-order valence-electron chi connectivity index (χ0n) is 13.8. The maximum atomic E-state index is 13.2. The first-order valence-corrected chi connectivity index (χ1v) is 7.67. The molecule has 3 aromatic rings. The molecule has 1 aromatic carbocycles. The Hall–Kier alpha value is -2.70. The van der Waals surface area contributed by atoms with Gasteiger partial charge in [0.05, 0.1) is 6.54 Å². The summed E-state index contributed by atoms with van der Waals surface area (Å²) >= 11 is 0. The minimum Gasteiger partial charge on any atom is -0.292 e. The van der Waals surface area contributed by atoms with E-state index in [-0.39, 0.29) is 22.1 Å². The van der Waals surface area contributed by atoms with Gasteiger partial charge in [-0.2, -0.15) is 5.10 Å². The predicted octanol–water partition coefficient (Wildman–Crippen LogP) is 2.23. The van der Waals surface area contributed by atoms with Crippen molar-refractivity contribution in [2.24, 2.45) is 0 Å². The van der Waals surface area contributed by atoms with Gasteiger partial charge in [0.2, 0.25) is 0 Å². The fraction of sp³-hybridized carbons (Fsp3) is 0.353. The average molecular weight is 330 g/mol. The van der Waals surface area contributed by atoms with Crippen LogP contribution in [-0.4, -0.2) is 19.7 Å². The summed E-state index contributed by atoms with van der Waals surface area (Å²) in [5.74, 6) is 0. The molecule has 126 valence electrons. The van der Waals surface area contributed by atoms with Crippen LogP contribution in [0.4, 0.5) is 4.39 Å². The van der Waals surface area contributed by atoms with Crippen LogP contribution in [0.2, 0.25) is 0 Å². The minimum atomic E-state index is -0.873. The van der Waals surface area contributed by atoms with Gasteiger partial charge in [0.15, 0.2) is 0 Å². The molecule has 0 spiro atoms. The van der Waals surface area contributed by atoms with E-state index in [0.717, 1.165) is 5.56 Å². The van der Waals surface area contributed by atoms with Crippen molar-refractivity contribution in [1.82, 2.24) is 19.7 Å². The maximum absolute atomic E-state index is 13.2. The summed E-state index contributed by atoms with van der Waals surface area (Å²) in [4.78, 5) is 28.1. The van der Waals surface area contributed by atoms with E-state index in [9.17, 15) is 14.0 Å². The van der Waals surface area contributed by atoms with Crippen molar-refractivity contribution in [3.05, 3.63) is 61.9 Å². The fourth-order valence-corrected chi connectivity index (χ4v) is 2.67. The van der Waals surface area contributed by atoms with E-state index in [1.807, 2.05) is 24.3 Å². The highest BCUT2D eigenvalue weighted by Crippen LogP contribution is 2.22. The van der Waals surface area contributed by atoms with Crippen molar-refractivity contribution < 1.29 is 4.39 Å². The largest absolute Gasteiger partial charge is 0.327 e. The highest BCUT2D eigenvalue weighted by atomic mass is 19.1. The van der Waals surface area contributed by atoms with Crippen molar-refractivity contribution in [3.8, 4) is 0 Å². The number of halogens is 1. The highest BCUT2D eigenvalue weighted by molar-refractivity contribution is 5.76. The number of benzene rings is 1. The molecule has 2 aromatic heterocycles. The summed E-state index contributed by atoms with van der Waals surface area (Å²) in [6.45, 7) is 5.86. The van der Waals surface area contributed by atoms with Gasteiger partial charge in [0, 0.05) is 0 Å². The number of fused-ring (bicyclic) bond motifs is 1. The highest BCUT2D eigenvalue weighted by Gasteiger charge is 2.16. The third kappa shape index (κ3) is 2.89. The van der Waals surface area contributed by atoms with Crippen LogP contribution in [0.5, 0.6) is 0 Å². The summed E-state index contributed by atoms with van der Waals surface area (Å²) in [5.41, 5.74) is 1.18. The third-order valence-corrected chi connectivity index (χ3v) is 3.99. The Morgan fingerprint density at radius 3 is 2.38 bits per heavy atom. The Kier molecular flexibility index (Phi) is 3.87. The molecule has 0 bridgehead atoms. The smallest absolute Gasteiger partial charge is 0.292 e. The van der Waals surface area contributed by atoms with Crippen LogP contribution < -0.4 is 11.2 Å². The fourth-order valence-electron chi connectivity index (χ4n) is 2.67. The van der Waals surface area contributed by atoms with Gasteiger partial charge in [0.25, 0.3) is 5.56 Å². The quantitative estimate of drug-likeness (QED) is 0.772. The molecular weight excluding hydrogens is 311 g/mol. The summed E-state index contributed by atoms with van der Waals surface area (Å²) < 4.78 is 14.6. The van der Waals surface area contributed by atoms with Gasteiger partial charge < -0.3 is 0 Å². The van der Waals surface area contributed by atoms with Gasteiger partial charge in [-0.15, -0.1) is 0 Å². The van der Waals surface area contributed by atoms with Crippen molar-refractivity contribution >= 4 is 11.0 Å². The Morgan fingerprint density at radius 2 is 1.79 bits per heavy atom. The van der Waals surface area contributed by atoms with Gasteiger partial charge in [-0.1, -0.05) is 45.0 Å². The second kappa shape index (κ2) is 5.74. The van der Waals surface area contributed by atoms with Crippen molar-refractivity contribution in [3.63, 3.8) is 0 Å². The van der Waals surface area contributed by atoms with Crippen molar-refractivity contribution in [2.75, 3.05) is 0 Å². The molecule has 24 heavy (non-hydrogen) atoms.